The summed E-state index contributed by atoms with van der Waals surface area (Å²) >= 11 is 0. The third kappa shape index (κ3) is 4.92. The Morgan fingerprint density at radius 1 is 0.781 bits per heavy atom. The first-order valence-corrected chi connectivity index (χ1v) is 11.8. The van der Waals surface area contributed by atoms with Crippen molar-refractivity contribution in [2.45, 2.75) is 64.7 Å². The summed E-state index contributed by atoms with van der Waals surface area (Å²) in [6, 6.07) is 16.6. The van der Waals surface area contributed by atoms with E-state index in [9.17, 15) is 13.2 Å². The molecule has 0 atom stereocenters. The number of hydrogen-bond acceptors (Lipinski definition) is 0. The van der Waals surface area contributed by atoms with Gasteiger partial charge in [0.05, 0.1) is 0 Å². The first kappa shape index (κ1) is 22.6. The van der Waals surface area contributed by atoms with E-state index in [1.165, 1.54) is 0 Å². The average molecular weight is 437 g/mol. The highest BCUT2D eigenvalue weighted by Crippen LogP contribution is 2.38. The van der Waals surface area contributed by atoms with Crippen molar-refractivity contribution in [3.63, 3.8) is 0 Å². The van der Waals surface area contributed by atoms with Gasteiger partial charge in [-0.25, -0.2) is 13.2 Å². The molecule has 0 unspecified atom stereocenters. The van der Waals surface area contributed by atoms with Gasteiger partial charge in [0.1, 0.15) is 5.82 Å². The van der Waals surface area contributed by atoms with Gasteiger partial charge >= 0.3 is 0 Å². The fourth-order valence-electron chi connectivity index (χ4n) is 4.99. The van der Waals surface area contributed by atoms with Crippen LogP contribution in [0.3, 0.4) is 0 Å². The maximum atomic E-state index is 14.8. The van der Waals surface area contributed by atoms with Crippen LogP contribution in [0, 0.1) is 30.3 Å². The Morgan fingerprint density at radius 3 is 2.12 bits per heavy atom. The first-order chi connectivity index (χ1) is 15.5. The van der Waals surface area contributed by atoms with Gasteiger partial charge in [-0.3, -0.25) is 0 Å². The molecule has 0 heterocycles. The Kier molecular flexibility index (Phi) is 7.03. The Labute approximate surface area is 189 Å². The van der Waals surface area contributed by atoms with Gasteiger partial charge in [-0.15, -0.1) is 0 Å². The Balaban J connectivity index is 1.35. The van der Waals surface area contributed by atoms with Crippen molar-refractivity contribution in [2.24, 2.45) is 5.92 Å². The SMILES string of the molecule is CCc1ccc(C2CCC(CCc3ccc(-c4ccc(C)cc4)c(F)c3F)CC2)cc1F. The molecular weight excluding hydrogens is 405 g/mol. The van der Waals surface area contributed by atoms with E-state index in [1.807, 2.05) is 44.2 Å². The second-order valence-corrected chi connectivity index (χ2v) is 9.23. The molecule has 0 nitrogen and oxygen atoms in total. The molecule has 0 saturated heterocycles. The fraction of sp³-hybridized carbons (Fsp3) is 0.379. The minimum Gasteiger partial charge on any atom is -0.207 e. The summed E-state index contributed by atoms with van der Waals surface area (Å²) in [6.07, 6.45) is 6.27. The molecule has 0 aromatic heterocycles. The fourth-order valence-corrected chi connectivity index (χ4v) is 4.99. The zero-order valence-corrected chi connectivity index (χ0v) is 18.9. The van der Waals surface area contributed by atoms with E-state index in [4.69, 9.17) is 0 Å². The molecule has 1 aliphatic rings. The van der Waals surface area contributed by atoms with E-state index in [1.54, 1.807) is 18.2 Å². The molecule has 0 aliphatic heterocycles. The highest BCUT2D eigenvalue weighted by molar-refractivity contribution is 5.65. The van der Waals surface area contributed by atoms with Crippen LogP contribution in [0.5, 0.6) is 0 Å². The monoisotopic (exact) mass is 436 g/mol. The van der Waals surface area contributed by atoms with Crippen molar-refractivity contribution in [1.29, 1.82) is 0 Å². The summed E-state index contributed by atoms with van der Waals surface area (Å²) < 4.78 is 43.6. The van der Waals surface area contributed by atoms with E-state index in [2.05, 4.69) is 6.07 Å². The minimum atomic E-state index is -0.757. The predicted molar refractivity (Wildman–Crippen MR) is 125 cm³/mol. The van der Waals surface area contributed by atoms with Gasteiger partial charge in [-0.05, 0) is 92.0 Å². The van der Waals surface area contributed by atoms with Crippen molar-refractivity contribution in [2.75, 3.05) is 0 Å². The third-order valence-corrected chi connectivity index (χ3v) is 7.12. The molecule has 3 heteroatoms. The molecule has 32 heavy (non-hydrogen) atoms. The lowest BCUT2D eigenvalue weighted by Crippen LogP contribution is -2.14. The lowest BCUT2D eigenvalue weighted by molar-refractivity contribution is 0.308. The van der Waals surface area contributed by atoms with Crippen molar-refractivity contribution in [1.82, 2.24) is 0 Å². The van der Waals surface area contributed by atoms with Gasteiger partial charge in [0.2, 0.25) is 0 Å². The van der Waals surface area contributed by atoms with Crippen LogP contribution in [-0.4, -0.2) is 0 Å². The van der Waals surface area contributed by atoms with E-state index in [-0.39, 0.29) is 5.82 Å². The Bertz CT molecular complexity index is 1060. The number of benzene rings is 3. The number of aryl methyl sites for hydroxylation is 3. The summed E-state index contributed by atoms with van der Waals surface area (Å²) in [5.41, 5.74) is 4.42. The summed E-state index contributed by atoms with van der Waals surface area (Å²) in [4.78, 5) is 0. The molecule has 3 aromatic carbocycles. The standard InChI is InChI=1S/C29H31F3/c1-3-21-14-15-25(18-27(21)30)22-11-6-20(7-12-22)8-13-24-16-17-26(29(32)28(24)31)23-9-4-19(2)5-10-23/h4-5,9-10,14-18,20,22H,3,6-8,11-13H2,1-2H3. The summed E-state index contributed by atoms with van der Waals surface area (Å²) in [5, 5.41) is 0. The van der Waals surface area contributed by atoms with Gasteiger partial charge < -0.3 is 0 Å². The Hall–Kier alpha value is -2.55. The lowest BCUT2D eigenvalue weighted by atomic mass is 9.76. The zero-order valence-electron chi connectivity index (χ0n) is 18.9. The van der Waals surface area contributed by atoms with Crippen LogP contribution >= 0.6 is 0 Å². The van der Waals surface area contributed by atoms with Crippen molar-refractivity contribution >= 4 is 0 Å². The van der Waals surface area contributed by atoms with Gasteiger partial charge in [-0.2, -0.15) is 0 Å². The van der Waals surface area contributed by atoms with Gasteiger partial charge in [0.15, 0.2) is 11.6 Å². The summed E-state index contributed by atoms with van der Waals surface area (Å²) in [6.45, 7) is 3.94. The number of rotatable bonds is 6. The molecular formula is C29H31F3. The topological polar surface area (TPSA) is 0 Å². The normalized spacial score (nSPS) is 18.7. The summed E-state index contributed by atoms with van der Waals surface area (Å²) in [7, 11) is 0. The maximum Gasteiger partial charge on any atom is 0.166 e. The molecule has 0 amide bonds. The van der Waals surface area contributed by atoms with Crippen molar-refractivity contribution in [3.8, 4) is 11.1 Å². The average Bonchev–Trinajstić information content (AvgIpc) is 2.81. The smallest absolute Gasteiger partial charge is 0.166 e. The lowest BCUT2D eigenvalue weighted by Gasteiger charge is -2.29. The van der Waals surface area contributed by atoms with Gasteiger partial charge in [0.25, 0.3) is 0 Å². The van der Waals surface area contributed by atoms with E-state index in [0.717, 1.165) is 48.8 Å². The van der Waals surface area contributed by atoms with E-state index < -0.39 is 11.6 Å². The number of hydrogen-bond donors (Lipinski definition) is 0. The molecule has 0 bridgehead atoms. The quantitative estimate of drug-likeness (QED) is 0.363. The van der Waals surface area contributed by atoms with E-state index in [0.29, 0.717) is 41.4 Å². The number of halogens is 3. The van der Waals surface area contributed by atoms with Gasteiger partial charge in [0, 0.05) is 5.56 Å². The highest BCUT2D eigenvalue weighted by Gasteiger charge is 2.24. The molecule has 1 aliphatic carbocycles. The van der Waals surface area contributed by atoms with E-state index >= 15 is 0 Å². The van der Waals surface area contributed by atoms with Crippen LogP contribution in [0.25, 0.3) is 11.1 Å². The first-order valence-electron chi connectivity index (χ1n) is 11.8. The highest BCUT2D eigenvalue weighted by atomic mass is 19.2. The third-order valence-electron chi connectivity index (χ3n) is 7.12. The molecule has 1 fully saturated rings. The van der Waals surface area contributed by atoms with Crippen LogP contribution in [0.15, 0.2) is 54.6 Å². The van der Waals surface area contributed by atoms with Crippen LogP contribution in [0.4, 0.5) is 13.2 Å². The largest absolute Gasteiger partial charge is 0.207 e. The van der Waals surface area contributed by atoms with Crippen molar-refractivity contribution < 1.29 is 13.2 Å². The van der Waals surface area contributed by atoms with Crippen LogP contribution in [0.1, 0.15) is 67.2 Å². The molecule has 0 radical (unpaired) electrons. The molecule has 0 spiro atoms. The van der Waals surface area contributed by atoms with Gasteiger partial charge in [-0.1, -0.05) is 61.0 Å². The maximum absolute atomic E-state index is 14.8. The molecule has 0 N–H and O–H groups in total. The molecule has 3 aromatic rings. The molecule has 1 saturated carbocycles. The predicted octanol–water partition coefficient (Wildman–Crippen LogP) is 8.55. The molecule has 4 rings (SSSR count). The second kappa shape index (κ2) is 9.94. The second-order valence-electron chi connectivity index (χ2n) is 9.23. The van der Waals surface area contributed by atoms with Crippen LogP contribution < -0.4 is 0 Å². The summed E-state index contributed by atoms with van der Waals surface area (Å²) in [5.74, 6) is -0.672. The van der Waals surface area contributed by atoms with Crippen LogP contribution in [-0.2, 0) is 12.8 Å². The molecule has 168 valence electrons. The Morgan fingerprint density at radius 2 is 1.47 bits per heavy atom. The van der Waals surface area contributed by atoms with Crippen molar-refractivity contribution in [3.05, 3.63) is 94.3 Å². The zero-order chi connectivity index (χ0) is 22.7. The van der Waals surface area contributed by atoms with Crippen LogP contribution in [0.2, 0.25) is 0 Å². The minimum absolute atomic E-state index is 0.0984.